The van der Waals surface area contributed by atoms with Gasteiger partial charge >= 0.3 is 0 Å². The van der Waals surface area contributed by atoms with Crippen LogP contribution in [0.4, 0.5) is 0 Å². The monoisotopic (exact) mass is 242 g/mol. The van der Waals surface area contributed by atoms with Gasteiger partial charge in [0.05, 0.1) is 6.61 Å². The molecule has 1 saturated heterocycles. The Kier molecular flexibility index (Phi) is 7.09. The summed E-state index contributed by atoms with van der Waals surface area (Å²) in [6.45, 7) is 12.4. The van der Waals surface area contributed by atoms with Gasteiger partial charge in [0.15, 0.2) is 0 Å². The lowest BCUT2D eigenvalue weighted by atomic mass is 9.91. The standard InChI is InChI=1S/C14H30N2O/c1-5-6-15-8-14(11-17-4)16-9-12(2)7-13(3)10-16/h12-15H,5-11H2,1-4H3. The van der Waals surface area contributed by atoms with E-state index in [0.717, 1.165) is 31.5 Å². The lowest BCUT2D eigenvalue weighted by Crippen LogP contribution is -2.51. The van der Waals surface area contributed by atoms with Gasteiger partial charge in [-0.25, -0.2) is 0 Å². The highest BCUT2D eigenvalue weighted by molar-refractivity contribution is 4.81. The van der Waals surface area contributed by atoms with Crippen LogP contribution in [0.3, 0.4) is 0 Å². The number of likely N-dealkylation sites (tertiary alicyclic amines) is 1. The zero-order valence-electron chi connectivity index (χ0n) is 12.0. The molecule has 0 aromatic heterocycles. The molecule has 17 heavy (non-hydrogen) atoms. The Hall–Kier alpha value is -0.120. The SMILES string of the molecule is CCCNCC(COC)N1CC(C)CC(C)C1. The first-order valence-corrected chi connectivity index (χ1v) is 7.11. The first kappa shape index (κ1) is 14.9. The summed E-state index contributed by atoms with van der Waals surface area (Å²) in [5, 5.41) is 3.53. The van der Waals surface area contributed by atoms with Crippen molar-refractivity contribution in [3.63, 3.8) is 0 Å². The second-order valence-electron chi connectivity index (χ2n) is 5.71. The van der Waals surface area contributed by atoms with Crippen molar-refractivity contribution in [3.8, 4) is 0 Å². The Morgan fingerprint density at radius 1 is 1.29 bits per heavy atom. The van der Waals surface area contributed by atoms with Gasteiger partial charge in [-0.15, -0.1) is 0 Å². The van der Waals surface area contributed by atoms with Crippen LogP contribution >= 0.6 is 0 Å². The highest BCUT2D eigenvalue weighted by atomic mass is 16.5. The number of nitrogens with zero attached hydrogens (tertiary/aromatic N) is 1. The van der Waals surface area contributed by atoms with Crippen LogP contribution in [0.15, 0.2) is 0 Å². The molecule has 0 saturated carbocycles. The summed E-state index contributed by atoms with van der Waals surface area (Å²) in [7, 11) is 1.81. The summed E-state index contributed by atoms with van der Waals surface area (Å²) >= 11 is 0. The number of rotatable bonds is 7. The maximum Gasteiger partial charge on any atom is 0.0630 e. The van der Waals surface area contributed by atoms with Gasteiger partial charge in [0.1, 0.15) is 0 Å². The molecule has 0 spiro atoms. The predicted octanol–water partition coefficient (Wildman–Crippen LogP) is 1.98. The first-order valence-electron chi connectivity index (χ1n) is 7.11. The van der Waals surface area contributed by atoms with Crippen LogP contribution in [0.25, 0.3) is 0 Å². The molecule has 102 valence electrons. The molecule has 1 rings (SSSR count). The third kappa shape index (κ3) is 5.36. The molecule has 1 aliphatic rings. The molecular weight excluding hydrogens is 212 g/mol. The van der Waals surface area contributed by atoms with Crippen LogP contribution in [0.1, 0.15) is 33.6 Å². The van der Waals surface area contributed by atoms with E-state index in [-0.39, 0.29) is 0 Å². The molecule has 3 heteroatoms. The average Bonchev–Trinajstić information content (AvgIpc) is 2.27. The van der Waals surface area contributed by atoms with Crippen LogP contribution in [-0.2, 0) is 4.74 Å². The Morgan fingerprint density at radius 3 is 2.47 bits per heavy atom. The van der Waals surface area contributed by atoms with E-state index in [2.05, 4.69) is 31.0 Å². The largest absolute Gasteiger partial charge is 0.383 e. The van der Waals surface area contributed by atoms with Gasteiger partial charge in [0, 0.05) is 32.8 Å². The number of piperidine rings is 1. The van der Waals surface area contributed by atoms with Crippen LogP contribution < -0.4 is 5.32 Å². The van der Waals surface area contributed by atoms with Crippen molar-refractivity contribution in [1.82, 2.24) is 10.2 Å². The highest BCUT2D eigenvalue weighted by Crippen LogP contribution is 2.22. The van der Waals surface area contributed by atoms with Crippen molar-refractivity contribution in [2.45, 2.75) is 39.7 Å². The van der Waals surface area contributed by atoms with Gasteiger partial charge in [0.2, 0.25) is 0 Å². The second-order valence-corrected chi connectivity index (χ2v) is 5.71. The van der Waals surface area contributed by atoms with Gasteiger partial charge in [-0.2, -0.15) is 0 Å². The number of hydrogen-bond donors (Lipinski definition) is 1. The number of ether oxygens (including phenoxy) is 1. The van der Waals surface area contributed by atoms with E-state index < -0.39 is 0 Å². The van der Waals surface area contributed by atoms with Gasteiger partial charge in [-0.1, -0.05) is 20.8 Å². The third-order valence-electron chi connectivity index (χ3n) is 3.58. The summed E-state index contributed by atoms with van der Waals surface area (Å²) in [6, 6.07) is 0.539. The fourth-order valence-electron chi connectivity index (χ4n) is 2.94. The van der Waals surface area contributed by atoms with Crippen molar-refractivity contribution in [2.24, 2.45) is 11.8 Å². The molecule has 3 unspecified atom stereocenters. The normalized spacial score (nSPS) is 28.2. The van der Waals surface area contributed by atoms with Crippen molar-refractivity contribution < 1.29 is 4.74 Å². The molecule has 0 aromatic rings. The van der Waals surface area contributed by atoms with Crippen LogP contribution in [0.2, 0.25) is 0 Å². The fourth-order valence-corrected chi connectivity index (χ4v) is 2.94. The van der Waals surface area contributed by atoms with Crippen molar-refractivity contribution >= 4 is 0 Å². The average molecular weight is 242 g/mol. The molecule has 1 N–H and O–H groups in total. The summed E-state index contributed by atoms with van der Waals surface area (Å²) in [4.78, 5) is 2.62. The Bertz CT molecular complexity index is 189. The lowest BCUT2D eigenvalue weighted by molar-refractivity contribution is 0.0449. The number of nitrogens with one attached hydrogen (secondary N) is 1. The molecule has 3 nitrogen and oxygen atoms in total. The number of hydrogen-bond acceptors (Lipinski definition) is 3. The summed E-state index contributed by atoms with van der Waals surface area (Å²) < 4.78 is 5.38. The summed E-state index contributed by atoms with van der Waals surface area (Å²) in [5.74, 6) is 1.65. The van der Waals surface area contributed by atoms with Crippen LogP contribution in [0.5, 0.6) is 0 Å². The predicted molar refractivity (Wildman–Crippen MR) is 73.3 cm³/mol. The molecule has 0 radical (unpaired) electrons. The molecule has 1 fully saturated rings. The molecule has 3 atom stereocenters. The minimum absolute atomic E-state index is 0.539. The Labute approximate surface area is 107 Å². The molecular formula is C14H30N2O. The topological polar surface area (TPSA) is 24.5 Å². The molecule has 0 amide bonds. The third-order valence-corrected chi connectivity index (χ3v) is 3.58. The van der Waals surface area contributed by atoms with Gasteiger partial charge < -0.3 is 10.1 Å². The van der Waals surface area contributed by atoms with Gasteiger partial charge in [0.25, 0.3) is 0 Å². The zero-order valence-corrected chi connectivity index (χ0v) is 12.0. The minimum atomic E-state index is 0.539. The Morgan fingerprint density at radius 2 is 1.94 bits per heavy atom. The summed E-state index contributed by atoms with van der Waals surface area (Å²) in [6.07, 6.45) is 2.57. The van der Waals surface area contributed by atoms with Crippen molar-refractivity contribution in [3.05, 3.63) is 0 Å². The van der Waals surface area contributed by atoms with Crippen LogP contribution in [-0.4, -0.2) is 50.8 Å². The van der Waals surface area contributed by atoms with E-state index in [9.17, 15) is 0 Å². The highest BCUT2D eigenvalue weighted by Gasteiger charge is 2.27. The van der Waals surface area contributed by atoms with E-state index in [4.69, 9.17) is 4.74 Å². The second kappa shape index (κ2) is 8.06. The summed E-state index contributed by atoms with van der Waals surface area (Å²) in [5.41, 5.74) is 0. The van der Waals surface area contributed by atoms with Gasteiger partial charge in [-0.3, -0.25) is 4.90 Å². The van der Waals surface area contributed by atoms with Crippen LogP contribution in [0, 0.1) is 11.8 Å². The van der Waals surface area contributed by atoms with Crippen molar-refractivity contribution in [2.75, 3.05) is 39.9 Å². The fraction of sp³-hybridized carbons (Fsp3) is 1.00. The smallest absolute Gasteiger partial charge is 0.0630 e. The van der Waals surface area contributed by atoms with Gasteiger partial charge in [-0.05, 0) is 31.2 Å². The number of methoxy groups -OCH3 is 1. The van der Waals surface area contributed by atoms with E-state index in [1.807, 2.05) is 7.11 Å². The van der Waals surface area contributed by atoms with E-state index in [1.165, 1.54) is 25.9 Å². The van der Waals surface area contributed by atoms with E-state index in [0.29, 0.717) is 6.04 Å². The first-order chi connectivity index (χ1) is 8.17. The lowest BCUT2D eigenvalue weighted by Gasteiger charge is -2.40. The van der Waals surface area contributed by atoms with E-state index >= 15 is 0 Å². The van der Waals surface area contributed by atoms with Crippen molar-refractivity contribution in [1.29, 1.82) is 0 Å². The quantitative estimate of drug-likeness (QED) is 0.691. The molecule has 1 heterocycles. The maximum atomic E-state index is 5.38. The maximum absolute atomic E-state index is 5.38. The molecule has 1 aliphatic heterocycles. The molecule has 0 aliphatic carbocycles. The van der Waals surface area contributed by atoms with E-state index in [1.54, 1.807) is 0 Å². The Balaban J connectivity index is 2.43. The minimum Gasteiger partial charge on any atom is -0.383 e. The zero-order chi connectivity index (χ0) is 12.7. The molecule has 0 aromatic carbocycles. The molecule has 0 bridgehead atoms.